The summed E-state index contributed by atoms with van der Waals surface area (Å²) in [6, 6.07) is 4.28. The Morgan fingerprint density at radius 2 is 2.16 bits per heavy atom. The summed E-state index contributed by atoms with van der Waals surface area (Å²) in [5.74, 6) is 1.02. The average molecular weight is 281 g/mol. The minimum absolute atomic E-state index is 0.270. The number of furan rings is 1. The van der Waals surface area contributed by atoms with Gasteiger partial charge < -0.3 is 15.1 Å². The summed E-state index contributed by atoms with van der Waals surface area (Å²) in [7, 11) is 0. The average Bonchev–Trinajstić information content (AvgIpc) is 2.94. The van der Waals surface area contributed by atoms with Gasteiger partial charge in [0.15, 0.2) is 5.11 Å². The van der Waals surface area contributed by atoms with Crippen molar-refractivity contribution in [3.8, 4) is 0 Å². The molecule has 106 valence electrons. The van der Waals surface area contributed by atoms with Gasteiger partial charge in [-0.05, 0) is 57.2 Å². The van der Waals surface area contributed by atoms with E-state index >= 15 is 0 Å². The van der Waals surface area contributed by atoms with Gasteiger partial charge >= 0.3 is 0 Å². The molecule has 1 aromatic rings. The monoisotopic (exact) mass is 281 g/mol. The minimum Gasteiger partial charge on any atom is -0.468 e. The fourth-order valence-corrected chi connectivity index (χ4v) is 2.76. The van der Waals surface area contributed by atoms with Gasteiger partial charge in [-0.3, -0.25) is 4.90 Å². The number of likely N-dealkylation sites (tertiary alicyclic amines) is 1. The second-order valence-electron chi connectivity index (χ2n) is 4.87. The number of nitrogens with one attached hydrogen (secondary N) is 2. The Morgan fingerprint density at radius 3 is 2.79 bits per heavy atom. The van der Waals surface area contributed by atoms with Crippen LogP contribution >= 0.6 is 12.2 Å². The Labute approximate surface area is 120 Å². The van der Waals surface area contributed by atoms with Crippen LogP contribution < -0.4 is 10.6 Å². The van der Waals surface area contributed by atoms with Crippen molar-refractivity contribution < 1.29 is 4.42 Å². The maximum atomic E-state index is 5.60. The molecular weight excluding hydrogens is 258 g/mol. The number of hydrogen-bond donors (Lipinski definition) is 2. The highest BCUT2D eigenvalue weighted by atomic mass is 32.1. The van der Waals surface area contributed by atoms with Crippen LogP contribution in [-0.2, 0) is 0 Å². The predicted octanol–water partition coefficient (Wildman–Crippen LogP) is 2.29. The molecule has 0 unspecified atom stereocenters. The molecule has 1 atom stereocenters. The van der Waals surface area contributed by atoms with Crippen LogP contribution in [0.25, 0.3) is 0 Å². The normalized spacial score (nSPS) is 17.9. The number of hydrogen-bond acceptors (Lipinski definition) is 3. The second-order valence-corrected chi connectivity index (χ2v) is 5.28. The minimum atomic E-state index is 0.270. The van der Waals surface area contributed by atoms with E-state index in [4.69, 9.17) is 16.6 Å². The zero-order valence-electron chi connectivity index (χ0n) is 11.5. The molecule has 0 aromatic carbocycles. The first kappa shape index (κ1) is 14.3. The van der Waals surface area contributed by atoms with E-state index in [-0.39, 0.29) is 6.04 Å². The van der Waals surface area contributed by atoms with Gasteiger partial charge in [-0.25, -0.2) is 0 Å². The summed E-state index contributed by atoms with van der Waals surface area (Å²) in [5.41, 5.74) is 0. The quantitative estimate of drug-likeness (QED) is 0.811. The third-order valence-electron chi connectivity index (χ3n) is 3.50. The van der Waals surface area contributed by atoms with E-state index in [9.17, 15) is 0 Å². The van der Waals surface area contributed by atoms with E-state index in [1.54, 1.807) is 6.26 Å². The SMILES string of the molecule is CCNC(=S)NC[C@H](c1ccco1)N1CCCCC1. The fourth-order valence-electron chi connectivity index (χ4n) is 2.53. The summed E-state index contributed by atoms with van der Waals surface area (Å²) in [5, 5.41) is 7.13. The van der Waals surface area contributed by atoms with E-state index in [1.165, 1.54) is 19.3 Å². The third kappa shape index (κ3) is 4.21. The Balaban J connectivity index is 1.96. The summed E-state index contributed by atoms with van der Waals surface area (Å²) in [6.07, 6.45) is 5.63. The van der Waals surface area contributed by atoms with Crippen LogP contribution in [0.15, 0.2) is 22.8 Å². The molecule has 0 radical (unpaired) electrons. The molecule has 5 heteroatoms. The van der Waals surface area contributed by atoms with Gasteiger partial charge in [0.25, 0.3) is 0 Å². The lowest BCUT2D eigenvalue weighted by Gasteiger charge is -2.33. The van der Waals surface area contributed by atoms with E-state index in [1.807, 2.05) is 13.0 Å². The molecule has 19 heavy (non-hydrogen) atoms. The molecule has 4 nitrogen and oxygen atoms in total. The molecule has 0 spiro atoms. The van der Waals surface area contributed by atoms with Crippen LogP contribution in [0.5, 0.6) is 0 Å². The smallest absolute Gasteiger partial charge is 0.166 e. The molecule has 0 aliphatic carbocycles. The van der Waals surface area contributed by atoms with Crippen LogP contribution in [-0.4, -0.2) is 36.2 Å². The second kappa shape index (κ2) is 7.50. The molecule has 0 saturated carbocycles. The number of nitrogens with zero attached hydrogens (tertiary/aromatic N) is 1. The van der Waals surface area contributed by atoms with Gasteiger partial charge in [0, 0.05) is 13.1 Å². The summed E-state index contributed by atoms with van der Waals surface area (Å²) in [4.78, 5) is 2.49. The van der Waals surface area contributed by atoms with E-state index < -0.39 is 0 Å². The topological polar surface area (TPSA) is 40.4 Å². The van der Waals surface area contributed by atoms with Crippen LogP contribution in [0.1, 0.15) is 38.0 Å². The third-order valence-corrected chi connectivity index (χ3v) is 3.79. The van der Waals surface area contributed by atoms with Crippen molar-refractivity contribution >= 4 is 17.3 Å². The van der Waals surface area contributed by atoms with Crippen molar-refractivity contribution in [2.45, 2.75) is 32.2 Å². The first-order valence-corrected chi connectivity index (χ1v) is 7.51. The van der Waals surface area contributed by atoms with Crippen molar-refractivity contribution in [2.24, 2.45) is 0 Å². The molecule has 2 rings (SSSR count). The van der Waals surface area contributed by atoms with Gasteiger partial charge in [0.1, 0.15) is 5.76 Å². The molecule has 1 aromatic heterocycles. The lowest BCUT2D eigenvalue weighted by molar-refractivity contribution is 0.146. The molecule has 1 fully saturated rings. The fraction of sp³-hybridized carbons (Fsp3) is 0.643. The van der Waals surface area contributed by atoms with Crippen molar-refractivity contribution in [1.29, 1.82) is 0 Å². The summed E-state index contributed by atoms with van der Waals surface area (Å²) >= 11 is 5.23. The molecule has 1 aliphatic rings. The van der Waals surface area contributed by atoms with Crippen molar-refractivity contribution in [2.75, 3.05) is 26.2 Å². The van der Waals surface area contributed by atoms with Crippen LogP contribution in [0.3, 0.4) is 0 Å². The summed E-state index contributed by atoms with van der Waals surface area (Å²) < 4.78 is 5.60. The van der Waals surface area contributed by atoms with Gasteiger partial charge in [-0.1, -0.05) is 6.42 Å². The zero-order valence-corrected chi connectivity index (χ0v) is 12.3. The predicted molar refractivity (Wildman–Crippen MR) is 81.2 cm³/mol. The Kier molecular flexibility index (Phi) is 5.66. The van der Waals surface area contributed by atoms with Crippen molar-refractivity contribution in [3.05, 3.63) is 24.2 Å². The highest BCUT2D eigenvalue weighted by Crippen LogP contribution is 2.24. The molecule has 1 saturated heterocycles. The maximum absolute atomic E-state index is 5.60. The van der Waals surface area contributed by atoms with Crippen LogP contribution in [0, 0.1) is 0 Å². The largest absolute Gasteiger partial charge is 0.468 e. The van der Waals surface area contributed by atoms with Crippen LogP contribution in [0.4, 0.5) is 0 Å². The lowest BCUT2D eigenvalue weighted by atomic mass is 10.1. The van der Waals surface area contributed by atoms with Gasteiger partial charge in [-0.2, -0.15) is 0 Å². The van der Waals surface area contributed by atoms with Crippen molar-refractivity contribution in [1.82, 2.24) is 15.5 Å². The molecule has 0 amide bonds. The Morgan fingerprint density at radius 1 is 1.37 bits per heavy atom. The van der Waals surface area contributed by atoms with Crippen LogP contribution in [0.2, 0.25) is 0 Å². The molecule has 0 bridgehead atoms. The highest BCUT2D eigenvalue weighted by molar-refractivity contribution is 7.80. The molecular formula is C14H23N3OS. The summed E-state index contributed by atoms with van der Waals surface area (Å²) in [6.45, 7) is 5.96. The lowest BCUT2D eigenvalue weighted by Crippen LogP contribution is -2.43. The number of rotatable bonds is 5. The zero-order chi connectivity index (χ0) is 13.5. The first-order chi connectivity index (χ1) is 9.31. The Bertz CT molecular complexity index is 374. The molecule has 2 N–H and O–H groups in total. The number of thiocarbonyl (C=S) groups is 1. The standard InChI is InChI=1S/C14H23N3OS/c1-2-15-14(19)16-11-12(13-7-6-10-18-13)17-8-4-3-5-9-17/h6-7,10,12H,2-5,8-9,11H2,1H3,(H2,15,16,19)/t12-/m1/s1. The van der Waals surface area contributed by atoms with E-state index in [0.717, 1.165) is 37.1 Å². The van der Waals surface area contributed by atoms with E-state index in [0.29, 0.717) is 0 Å². The first-order valence-electron chi connectivity index (χ1n) is 7.10. The van der Waals surface area contributed by atoms with Gasteiger partial charge in [0.2, 0.25) is 0 Å². The van der Waals surface area contributed by atoms with Crippen molar-refractivity contribution in [3.63, 3.8) is 0 Å². The number of piperidine rings is 1. The Hall–Kier alpha value is -1.07. The van der Waals surface area contributed by atoms with E-state index in [2.05, 4.69) is 21.6 Å². The van der Waals surface area contributed by atoms with Gasteiger partial charge in [0.05, 0.1) is 12.3 Å². The maximum Gasteiger partial charge on any atom is 0.166 e. The van der Waals surface area contributed by atoms with Gasteiger partial charge in [-0.15, -0.1) is 0 Å². The molecule has 2 heterocycles. The highest BCUT2D eigenvalue weighted by Gasteiger charge is 2.24. The molecule has 1 aliphatic heterocycles.